The van der Waals surface area contributed by atoms with Gasteiger partial charge in [0.1, 0.15) is 5.69 Å². The number of para-hydroxylation sites is 1. The molecule has 156 valence electrons. The summed E-state index contributed by atoms with van der Waals surface area (Å²) in [6, 6.07) is 21.8. The first-order valence-electron chi connectivity index (χ1n) is 10.5. The van der Waals surface area contributed by atoms with Crippen molar-refractivity contribution in [3.05, 3.63) is 95.4 Å². The van der Waals surface area contributed by atoms with Gasteiger partial charge in [0.05, 0.1) is 5.52 Å². The Bertz CT molecular complexity index is 1210. The Morgan fingerprint density at radius 1 is 0.903 bits per heavy atom. The molecule has 2 aromatic heterocycles. The van der Waals surface area contributed by atoms with Gasteiger partial charge in [-0.1, -0.05) is 35.9 Å². The third kappa shape index (κ3) is 4.07. The summed E-state index contributed by atoms with van der Waals surface area (Å²) in [4.78, 5) is 22.0. The van der Waals surface area contributed by atoms with Crippen molar-refractivity contribution in [1.29, 1.82) is 0 Å². The van der Waals surface area contributed by atoms with Gasteiger partial charge in [-0.25, -0.2) is 0 Å². The van der Waals surface area contributed by atoms with E-state index in [0.29, 0.717) is 23.8 Å². The minimum absolute atomic E-state index is 0.0553. The standard InChI is InChI=1S/C25H23ClN4O/c26-21-5-3-6-22(17-21)30-23-7-2-1-4-20(23)16-24(30)25(31)29-14-12-28(13-15-29)18-19-8-10-27-11-9-19/h1-11,16-17H,12-15,18H2. The second-order valence-electron chi connectivity index (χ2n) is 7.83. The van der Waals surface area contributed by atoms with Crippen LogP contribution in [0.4, 0.5) is 0 Å². The molecule has 5 rings (SSSR count). The van der Waals surface area contributed by atoms with Gasteiger partial charge in [-0.2, -0.15) is 0 Å². The molecule has 1 amide bonds. The number of hydrogen-bond acceptors (Lipinski definition) is 3. The van der Waals surface area contributed by atoms with Gasteiger partial charge < -0.3 is 9.47 Å². The van der Waals surface area contributed by atoms with Crippen LogP contribution in [-0.4, -0.2) is 51.4 Å². The van der Waals surface area contributed by atoms with Gasteiger partial charge in [-0.3, -0.25) is 14.7 Å². The lowest BCUT2D eigenvalue weighted by molar-refractivity contribution is 0.0621. The third-order valence-corrected chi connectivity index (χ3v) is 6.05. The van der Waals surface area contributed by atoms with Gasteiger partial charge in [-0.05, 0) is 48.0 Å². The number of piperazine rings is 1. The Morgan fingerprint density at radius 2 is 1.68 bits per heavy atom. The highest BCUT2D eigenvalue weighted by Gasteiger charge is 2.26. The maximum Gasteiger partial charge on any atom is 0.270 e. The Kier molecular flexibility index (Phi) is 5.45. The number of fused-ring (bicyclic) bond motifs is 1. The van der Waals surface area contributed by atoms with Crippen LogP contribution in [0.1, 0.15) is 16.1 Å². The zero-order chi connectivity index (χ0) is 21.2. The average Bonchev–Trinajstić information content (AvgIpc) is 3.19. The first kappa shape index (κ1) is 19.8. The van der Waals surface area contributed by atoms with Crippen LogP contribution in [0.25, 0.3) is 16.6 Å². The lowest BCUT2D eigenvalue weighted by atomic mass is 10.2. The predicted molar refractivity (Wildman–Crippen MR) is 124 cm³/mol. The van der Waals surface area contributed by atoms with Crippen molar-refractivity contribution in [2.75, 3.05) is 26.2 Å². The quantitative estimate of drug-likeness (QED) is 0.473. The van der Waals surface area contributed by atoms with E-state index in [4.69, 9.17) is 11.6 Å². The first-order chi connectivity index (χ1) is 15.2. The molecular weight excluding hydrogens is 408 g/mol. The van der Waals surface area contributed by atoms with Gasteiger partial charge in [0.2, 0.25) is 0 Å². The molecule has 6 heteroatoms. The number of carbonyl (C=O) groups is 1. The van der Waals surface area contributed by atoms with E-state index in [0.717, 1.165) is 36.2 Å². The zero-order valence-electron chi connectivity index (χ0n) is 17.1. The van der Waals surface area contributed by atoms with Crippen LogP contribution in [-0.2, 0) is 6.54 Å². The topological polar surface area (TPSA) is 41.4 Å². The smallest absolute Gasteiger partial charge is 0.270 e. The van der Waals surface area contributed by atoms with Crippen molar-refractivity contribution >= 4 is 28.4 Å². The third-order valence-electron chi connectivity index (χ3n) is 5.81. The summed E-state index contributed by atoms with van der Waals surface area (Å²) in [6.07, 6.45) is 3.65. The van der Waals surface area contributed by atoms with Crippen LogP contribution in [0.3, 0.4) is 0 Å². The van der Waals surface area contributed by atoms with Crippen molar-refractivity contribution in [2.45, 2.75) is 6.54 Å². The molecule has 0 N–H and O–H groups in total. The second kappa shape index (κ2) is 8.53. The summed E-state index contributed by atoms with van der Waals surface area (Å²) in [7, 11) is 0. The van der Waals surface area contributed by atoms with E-state index in [-0.39, 0.29) is 5.91 Å². The number of benzene rings is 2. The lowest BCUT2D eigenvalue weighted by Crippen LogP contribution is -2.48. The van der Waals surface area contributed by atoms with Crippen LogP contribution in [0.5, 0.6) is 0 Å². The number of amides is 1. The molecule has 5 nitrogen and oxygen atoms in total. The molecule has 31 heavy (non-hydrogen) atoms. The van der Waals surface area contributed by atoms with E-state index in [2.05, 4.69) is 9.88 Å². The fourth-order valence-corrected chi connectivity index (χ4v) is 4.41. The van der Waals surface area contributed by atoms with E-state index in [1.165, 1.54) is 5.56 Å². The Labute approximate surface area is 186 Å². The number of hydrogen-bond donors (Lipinski definition) is 0. The van der Waals surface area contributed by atoms with Gasteiger partial charge in [0.15, 0.2) is 0 Å². The normalized spacial score (nSPS) is 14.8. The molecule has 0 bridgehead atoms. The predicted octanol–water partition coefficient (Wildman–Crippen LogP) is 4.64. The van der Waals surface area contributed by atoms with Gasteiger partial charge in [0.25, 0.3) is 5.91 Å². The second-order valence-corrected chi connectivity index (χ2v) is 8.26. The molecule has 1 aliphatic rings. The molecule has 1 fully saturated rings. The summed E-state index contributed by atoms with van der Waals surface area (Å²) < 4.78 is 2.02. The molecule has 0 unspecified atom stereocenters. The molecule has 3 heterocycles. The van der Waals surface area contributed by atoms with Gasteiger partial charge in [-0.15, -0.1) is 0 Å². The SMILES string of the molecule is O=C(c1cc2ccccc2n1-c1cccc(Cl)c1)N1CCN(Cc2ccncc2)CC1. The Balaban J connectivity index is 1.40. The average molecular weight is 431 g/mol. The first-order valence-corrected chi connectivity index (χ1v) is 10.8. The molecule has 0 aliphatic carbocycles. The van der Waals surface area contributed by atoms with Gasteiger partial charge >= 0.3 is 0 Å². The molecule has 4 aromatic rings. The maximum atomic E-state index is 13.6. The highest BCUT2D eigenvalue weighted by atomic mass is 35.5. The number of carbonyl (C=O) groups excluding carboxylic acids is 1. The molecular formula is C25H23ClN4O. The van der Waals surface area contributed by atoms with E-state index in [1.807, 2.05) is 88.6 Å². The molecule has 1 aliphatic heterocycles. The number of nitrogens with zero attached hydrogens (tertiary/aromatic N) is 4. The minimum atomic E-state index is 0.0553. The van der Waals surface area contributed by atoms with Crippen LogP contribution < -0.4 is 0 Å². The molecule has 2 aromatic carbocycles. The van der Waals surface area contributed by atoms with E-state index < -0.39 is 0 Å². The van der Waals surface area contributed by atoms with E-state index in [9.17, 15) is 4.79 Å². The van der Waals surface area contributed by atoms with Crippen LogP contribution in [0.15, 0.2) is 79.1 Å². The fraction of sp³-hybridized carbons (Fsp3) is 0.200. The highest BCUT2D eigenvalue weighted by molar-refractivity contribution is 6.30. The lowest BCUT2D eigenvalue weighted by Gasteiger charge is -2.34. The van der Waals surface area contributed by atoms with E-state index >= 15 is 0 Å². The Hall–Kier alpha value is -3.15. The monoisotopic (exact) mass is 430 g/mol. The molecule has 0 atom stereocenters. The van der Waals surface area contributed by atoms with Crippen molar-refractivity contribution in [3.8, 4) is 5.69 Å². The van der Waals surface area contributed by atoms with Crippen molar-refractivity contribution in [1.82, 2.24) is 19.4 Å². The van der Waals surface area contributed by atoms with Crippen molar-refractivity contribution < 1.29 is 4.79 Å². The minimum Gasteiger partial charge on any atom is -0.335 e. The molecule has 1 saturated heterocycles. The Morgan fingerprint density at radius 3 is 2.45 bits per heavy atom. The van der Waals surface area contributed by atoms with Crippen molar-refractivity contribution in [2.24, 2.45) is 0 Å². The number of aromatic nitrogens is 2. The molecule has 0 saturated carbocycles. The summed E-state index contributed by atoms with van der Waals surface area (Å²) in [5.74, 6) is 0.0553. The molecule has 0 spiro atoms. The maximum absolute atomic E-state index is 13.6. The highest BCUT2D eigenvalue weighted by Crippen LogP contribution is 2.27. The largest absolute Gasteiger partial charge is 0.335 e. The van der Waals surface area contributed by atoms with Gasteiger partial charge in [0, 0.05) is 61.2 Å². The van der Waals surface area contributed by atoms with Crippen LogP contribution in [0.2, 0.25) is 5.02 Å². The number of rotatable bonds is 4. The van der Waals surface area contributed by atoms with Crippen LogP contribution in [0, 0.1) is 0 Å². The summed E-state index contributed by atoms with van der Waals surface area (Å²) >= 11 is 6.26. The summed E-state index contributed by atoms with van der Waals surface area (Å²) in [5.41, 5.74) is 3.82. The van der Waals surface area contributed by atoms with Crippen LogP contribution >= 0.6 is 11.6 Å². The zero-order valence-corrected chi connectivity index (χ0v) is 17.9. The van der Waals surface area contributed by atoms with E-state index in [1.54, 1.807) is 0 Å². The van der Waals surface area contributed by atoms with Crippen molar-refractivity contribution in [3.63, 3.8) is 0 Å². The fourth-order valence-electron chi connectivity index (χ4n) is 4.22. The number of pyridine rings is 1. The summed E-state index contributed by atoms with van der Waals surface area (Å²) in [6.45, 7) is 4.01. The number of halogens is 1. The molecule has 0 radical (unpaired) electrons. The summed E-state index contributed by atoms with van der Waals surface area (Å²) in [5, 5.41) is 1.69.